The van der Waals surface area contributed by atoms with Crippen LogP contribution in [0.25, 0.3) is 0 Å². The van der Waals surface area contributed by atoms with Gasteiger partial charge in [-0.2, -0.15) is 0 Å². The van der Waals surface area contributed by atoms with Crippen molar-refractivity contribution < 1.29 is 14.3 Å². The number of carbonyl (C=O) groups excluding carboxylic acids is 1. The van der Waals surface area contributed by atoms with Crippen molar-refractivity contribution in [3.63, 3.8) is 0 Å². The molecule has 9 heteroatoms. The molecule has 1 atom stereocenters. The summed E-state index contributed by atoms with van der Waals surface area (Å²) in [5.74, 6) is 1.54. The van der Waals surface area contributed by atoms with Crippen LogP contribution in [-0.4, -0.2) is 71.3 Å². The van der Waals surface area contributed by atoms with Gasteiger partial charge in [0.1, 0.15) is 5.60 Å². The number of nitrogens with zero attached hydrogens (tertiary/aromatic N) is 4. The highest BCUT2D eigenvalue weighted by Gasteiger charge is 2.36. The maximum atomic E-state index is 12.3. The molecule has 29 heavy (non-hydrogen) atoms. The van der Waals surface area contributed by atoms with Gasteiger partial charge in [0.25, 0.3) is 0 Å². The Morgan fingerprint density at radius 1 is 1.31 bits per heavy atom. The lowest BCUT2D eigenvalue weighted by Crippen LogP contribution is -2.57. The number of fused-ring (bicyclic) bond motifs is 1. The molecule has 1 N–H and O–H groups in total. The molecule has 1 aromatic heterocycles. The molecule has 1 aromatic rings. The quantitative estimate of drug-likeness (QED) is 0.606. The fourth-order valence-electron chi connectivity index (χ4n) is 3.21. The Kier molecular flexibility index (Phi) is 8.35. The molecule has 2 aliphatic heterocycles. The summed E-state index contributed by atoms with van der Waals surface area (Å²) >= 11 is 0. The normalized spacial score (nSPS) is 18.5. The van der Waals surface area contributed by atoms with Crippen molar-refractivity contribution in [2.24, 2.45) is 4.99 Å². The first kappa shape index (κ1) is 23.5. The Morgan fingerprint density at radius 3 is 2.76 bits per heavy atom. The molecule has 0 saturated carbocycles. The Morgan fingerprint density at radius 2 is 2.10 bits per heavy atom. The van der Waals surface area contributed by atoms with Crippen LogP contribution in [0.3, 0.4) is 0 Å². The summed E-state index contributed by atoms with van der Waals surface area (Å²) < 4.78 is 11.0. The highest BCUT2D eigenvalue weighted by atomic mass is 127. The minimum absolute atomic E-state index is 0. The van der Waals surface area contributed by atoms with Crippen molar-refractivity contribution in [1.82, 2.24) is 20.1 Å². The Labute approximate surface area is 190 Å². The average Bonchev–Trinajstić information content (AvgIpc) is 3.06. The first-order chi connectivity index (χ1) is 13.4. The molecule has 0 spiro atoms. The molecule has 3 heterocycles. The lowest BCUT2D eigenvalue weighted by atomic mass is 10.2. The molecule has 1 amide bonds. The number of guanidine groups is 1. The van der Waals surface area contributed by atoms with Crippen molar-refractivity contribution in [3.05, 3.63) is 23.9 Å². The first-order valence-corrected chi connectivity index (χ1v) is 9.96. The van der Waals surface area contributed by atoms with Crippen LogP contribution in [-0.2, 0) is 11.3 Å². The van der Waals surface area contributed by atoms with E-state index < -0.39 is 5.60 Å². The SMILES string of the molecule is CCCOc1ccc(CNC2=NCC3CN(C(=O)OC(C)(C)C)CCN23)cn1.I. The molecule has 0 radical (unpaired) electrons. The van der Waals surface area contributed by atoms with Gasteiger partial charge in [-0.05, 0) is 32.8 Å². The number of ether oxygens (including phenoxy) is 2. The summed E-state index contributed by atoms with van der Waals surface area (Å²) in [6, 6.07) is 4.11. The topological polar surface area (TPSA) is 79.3 Å². The largest absolute Gasteiger partial charge is 0.478 e. The van der Waals surface area contributed by atoms with E-state index in [2.05, 4.69) is 27.1 Å². The maximum absolute atomic E-state index is 12.3. The Balaban J connectivity index is 0.00000300. The van der Waals surface area contributed by atoms with Crippen molar-refractivity contribution in [1.29, 1.82) is 0 Å². The number of nitrogens with one attached hydrogen (secondary N) is 1. The van der Waals surface area contributed by atoms with Crippen LogP contribution in [0, 0.1) is 0 Å². The lowest BCUT2D eigenvalue weighted by Gasteiger charge is -2.39. The third-order valence-corrected chi connectivity index (χ3v) is 4.56. The minimum atomic E-state index is -0.474. The molecule has 0 aliphatic carbocycles. The highest BCUT2D eigenvalue weighted by Crippen LogP contribution is 2.19. The van der Waals surface area contributed by atoms with Crippen LogP contribution in [0.15, 0.2) is 23.3 Å². The van der Waals surface area contributed by atoms with Gasteiger partial charge in [-0.15, -0.1) is 24.0 Å². The first-order valence-electron chi connectivity index (χ1n) is 9.96. The summed E-state index contributed by atoms with van der Waals surface area (Å²) in [6.45, 7) is 11.8. The smallest absolute Gasteiger partial charge is 0.410 e. The minimum Gasteiger partial charge on any atom is -0.478 e. The van der Waals surface area contributed by atoms with E-state index in [-0.39, 0.29) is 36.1 Å². The van der Waals surface area contributed by atoms with Crippen molar-refractivity contribution in [2.75, 3.05) is 32.8 Å². The van der Waals surface area contributed by atoms with Crippen molar-refractivity contribution in [3.8, 4) is 5.88 Å². The van der Waals surface area contributed by atoms with Crippen molar-refractivity contribution >= 4 is 36.0 Å². The number of aliphatic imine (C=N–C) groups is 1. The molecular formula is C20H32IN5O3. The number of aromatic nitrogens is 1. The van der Waals surface area contributed by atoms with Crippen LogP contribution in [0.5, 0.6) is 5.88 Å². The van der Waals surface area contributed by atoms with E-state index in [9.17, 15) is 4.79 Å². The zero-order valence-corrected chi connectivity index (χ0v) is 20.0. The molecule has 8 nitrogen and oxygen atoms in total. The molecule has 0 bridgehead atoms. The summed E-state index contributed by atoms with van der Waals surface area (Å²) in [6.07, 6.45) is 2.54. The van der Waals surface area contributed by atoms with Gasteiger partial charge < -0.3 is 24.6 Å². The second-order valence-corrected chi connectivity index (χ2v) is 8.14. The number of pyridine rings is 1. The van der Waals surface area contributed by atoms with Crippen LogP contribution in [0.4, 0.5) is 4.79 Å². The lowest BCUT2D eigenvalue weighted by molar-refractivity contribution is 0.0137. The number of piperazine rings is 1. The van der Waals surface area contributed by atoms with Gasteiger partial charge in [-0.25, -0.2) is 9.78 Å². The van der Waals surface area contributed by atoms with E-state index in [1.54, 1.807) is 4.90 Å². The zero-order valence-electron chi connectivity index (χ0n) is 17.7. The van der Waals surface area contributed by atoms with E-state index >= 15 is 0 Å². The van der Waals surface area contributed by atoms with Gasteiger partial charge in [0.2, 0.25) is 5.88 Å². The molecule has 3 rings (SSSR count). The fraction of sp³-hybridized carbons (Fsp3) is 0.650. The average molecular weight is 517 g/mol. The van der Waals surface area contributed by atoms with Crippen LogP contribution in [0.2, 0.25) is 0 Å². The Hall–Kier alpha value is -1.78. The van der Waals surface area contributed by atoms with E-state index in [0.717, 1.165) is 24.5 Å². The number of rotatable bonds is 5. The number of halogens is 1. The summed E-state index contributed by atoms with van der Waals surface area (Å²) in [4.78, 5) is 25.3. The van der Waals surface area contributed by atoms with Gasteiger partial charge in [0.15, 0.2) is 5.96 Å². The summed E-state index contributed by atoms with van der Waals surface area (Å²) in [5.41, 5.74) is 0.598. The van der Waals surface area contributed by atoms with Crippen LogP contribution < -0.4 is 10.1 Å². The van der Waals surface area contributed by atoms with Crippen LogP contribution >= 0.6 is 24.0 Å². The predicted octanol–water partition coefficient (Wildman–Crippen LogP) is 2.87. The highest BCUT2D eigenvalue weighted by molar-refractivity contribution is 14.0. The molecular weight excluding hydrogens is 485 g/mol. The van der Waals surface area contributed by atoms with Gasteiger partial charge >= 0.3 is 6.09 Å². The Bertz CT molecular complexity index is 705. The number of hydrogen-bond donors (Lipinski definition) is 1. The summed E-state index contributed by atoms with van der Waals surface area (Å²) in [5, 5.41) is 3.40. The van der Waals surface area contributed by atoms with Gasteiger partial charge in [-0.3, -0.25) is 4.99 Å². The van der Waals surface area contributed by atoms with Gasteiger partial charge in [0.05, 0.1) is 19.2 Å². The zero-order chi connectivity index (χ0) is 20.1. The second-order valence-electron chi connectivity index (χ2n) is 8.14. The molecule has 2 aliphatic rings. The van der Waals surface area contributed by atoms with E-state index in [4.69, 9.17) is 9.47 Å². The van der Waals surface area contributed by atoms with Gasteiger partial charge in [0, 0.05) is 38.4 Å². The van der Waals surface area contributed by atoms with Crippen molar-refractivity contribution in [2.45, 2.75) is 52.3 Å². The van der Waals surface area contributed by atoms with E-state index in [0.29, 0.717) is 38.7 Å². The predicted molar refractivity (Wildman–Crippen MR) is 123 cm³/mol. The van der Waals surface area contributed by atoms with Gasteiger partial charge in [-0.1, -0.05) is 13.0 Å². The number of carbonyl (C=O) groups is 1. The molecule has 1 unspecified atom stereocenters. The third kappa shape index (κ3) is 6.61. The van der Waals surface area contributed by atoms with Crippen LogP contribution in [0.1, 0.15) is 39.7 Å². The molecule has 162 valence electrons. The standard InChI is InChI=1S/C20H31N5O3.HI/c1-5-10-27-17-7-6-15(11-21-17)12-22-18-23-13-16-14-24(8-9-25(16)18)19(26)28-20(2,3)4;/h6-7,11,16H,5,8-10,12-14H2,1-4H3,(H,22,23);1H. The molecule has 0 aromatic carbocycles. The second kappa shape index (κ2) is 10.3. The maximum Gasteiger partial charge on any atom is 0.410 e. The molecule has 1 saturated heterocycles. The number of hydrogen-bond acceptors (Lipinski definition) is 7. The third-order valence-electron chi connectivity index (χ3n) is 4.56. The monoisotopic (exact) mass is 517 g/mol. The summed E-state index contributed by atoms with van der Waals surface area (Å²) in [7, 11) is 0. The van der Waals surface area contributed by atoms with E-state index in [1.165, 1.54) is 0 Å². The van der Waals surface area contributed by atoms with E-state index in [1.807, 2.05) is 39.1 Å². The number of amides is 1. The fourth-order valence-corrected chi connectivity index (χ4v) is 3.21. The molecule has 1 fully saturated rings.